The number of anilines is 2. The van der Waals surface area contributed by atoms with Crippen LogP contribution in [0.1, 0.15) is 77.5 Å². The highest BCUT2D eigenvalue weighted by Gasteiger charge is 2.24. The Morgan fingerprint density at radius 2 is 1.50 bits per heavy atom. The number of ether oxygens (including phenoxy) is 2. The molecule has 0 atom stereocenters. The molecule has 326 valence electrons. The van der Waals surface area contributed by atoms with Crippen LogP contribution in [-0.2, 0) is 30.8 Å². The molecule has 5 heterocycles. The Morgan fingerprint density at radius 1 is 0.871 bits per heavy atom. The van der Waals surface area contributed by atoms with Gasteiger partial charge in [-0.15, -0.1) is 23.1 Å². The van der Waals surface area contributed by atoms with E-state index in [0.29, 0.717) is 80.9 Å². The molecular formula is C42H48N10O8S2. The first-order valence-corrected chi connectivity index (χ1v) is 22.0. The first-order valence-electron chi connectivity index (χ1n) is 20.2. The summed E-state index contributed by atoms with van der Waals surface area (Å²) >= 11 is 2.81. The molecule has 0 spiro atoms. The second kappa shape index (κ2) is 19.3. The molecule has 0 saturated carbocycles. The summed E-state index contributed by atoms with van der Waals surface area (Å²) in [5, 5.41) is 31.0. The van der Waals surface area contributed by atoms with E-state index in [-0.39, 0.29) is 41.9 Å². The number of morpholine rings is 1. The number of hydrogen-bond donors (Lipinski definition) is 4. The van der Waals surface area contributed by atoms with Crippen LogP contribution in [0.15, 0.2) is 47.4 Å². The number of rotatable bonds is 18. The van der Waals surface area contributed by atoms with Crippen molar-refractivity contribution in [2.75, 3.05) is 56.3 Å². The minimum atomic E-state index is -1.16. The molecule has 1 aliphatic rings. The van der Waals surface area contributed by atoms with Crippen molar-refractivity contribution < 1.29 is 38.9 Å². The number of fused-ring (bicyclic) bond motifs is 2. The minimum Gasteiger partial charge on any atom is -0.494 e. The number of imidazole rings is 2. The predicted molar refractivity (Wildman–Crippen MR) is 236 cm³/mol. The maximum atomic E-state index is 13.8. The Bertz CT molecular complexity index is 2690. The van der Waals surface area contributed by atoms with Gasteiger partial charge in [-0.05, 0) is 76.2 Å². The van der Waals surface area contributed by atoms with E-state index in [1.54, 1.807) is 21.4 Å². The van der Waals surface area contributed by atoms with E-state index in [0.717, 1.165) is 31.1 Å². The van der Waals surface area contributed by atoms with Crippen LogP contribution in [0.25, 0.3) is 22.1 Å². The predicted octanol–water partition coefficient (Wildman–Crippen LogP) is 6.22. The minimum absolute atomic E-state index is 0.0293. The topological polar surface area (TPSA) is 221 Å². The fraction of sp³-hybridized carbons (Fsp3) is 0.381. The summed E-state index contributed by atoms with van der Waals surface area (Å²) in [4.78, 5) is 69.3. The quantitative estimate of drug-likeness (QED) is 0.0428. The number of aryl methyl sites for hydroxylation is 4. The van der Waals surface area contributed by atoms with E-state index in [1.165, 1.54) is 48.4 Å². The summed E-state index contributed by atoms with van der Waals surface area (Å²) in [6.45, 7) is 12.3. The van der Waals surface area contributed by atoms with Gasteiger partial charge >= 0.3 is 11.9 Å². The smallest absolute Gasteiger partial charge is 0.335 e. The van der Waals surface area contributed by atoms with Gasteiger partial charge in [0.25, 0.3) is 11.8 Å². The molecule has 0 bridgehead atoms. The number of amides is 2. The number of aromatic carboxylic acids is 2. The Balaban J connectivity index is 1.25. The number of carbonyl (C=O) groups excluding carboxylic acids is 2. The maximum Gasteiger partial charge on any atom is 0.335 e. The third-order valence-corrected chi connectivity index (χ3v) is 12.4. The number of hydrogen-bond acceptors (Lipinski definition) is 13. The molecular weight excluding hydrogens is 837 g/mol. The molecule has 2 amide bonds. The molecule has 6 aromatic rings. The second-order valence-electron chi connectivity index (χ2n) is 14.5. The average molecular weight is 885 g/mol. The van der Waals surface area contributed by atoms with Gasteiger partial charge < -0.3 is 28.8 Å². The van der Waals surface area contributed by atoms with Crippen molar-refractivity contribution in [2.45, 2.75) is 65.1 Å². The first-order chi connectivity index (χ1) is 29.9. The molecule has 2 aromatic carbocycles. The number of carboxylic acid groups (broad SMARTS) is 2. The van der Waals surface area contributed by atoms with E-state index in [4.69, 9.17) is 14.5 Å². The highest BCUT2D eigenvalue weighted by molar-refractivity contribution is 7.99. The van der Waals surface area contributed by atoms with E-state index in [2.05, 4.69) is 30.6 Å². The molecule has 7 rings (SSSR count). The summed E-state index contributed by atoms with van der Waals surface area (Å²) in [5.41, 5.74) is 3.57. The fourth-order valence-corrected chi connectivity index (χ4v) is 9.31. The Labute approximate surface area is 364 Å². The van der Waals surface area contributed by atoms with Gasteiger partial charge in [0.2, 0.25) is 11.9 Å². The summed E-state index contributed by atoms with van der Waals surface area (Å²) in [5.74, 6) is -1.73. The van der Waals surface area contributed by atoms with Gasteiger partial charge in [0.15, 0.2) is 0 Å². The van der Waals surface area contributed by atoms with Gasteiger partial charge in [-0.1, -0.05) is 19.1 Å². The van der Waals surface area contributed by atoms with E-state index >= 15 is 0 Å². The van der Waals surface area contributed by atoms with Gasteiger partial charge in [-0.2, -0.15) is 5.10 Å². The number of thioether (sulfide) groups is 1. The van der Waals surface area contributed by atoms with Crippen LogP contribution in [-0.4, -0.2) is 118 Å². The van der Waals surface area contributed by atoms with Gasteiger partial charge in [0.05, 0.1) is 64.4 Å². The van der Waals surface area contributed by atoms with Crippen LogP contribution in [0.3, 0.4) is 0 Å². The Kier molecular flexibility index (Phi) is 13.7. The molecule has 0 aliphatic carbocycles. The number of allylic oxidation sites excluding steroid dienone is 2. The van der Waals surface area contributed by atoms with E-state index < -0.39 is 23.8 Å². The lowest BCUT2D eigenvalue weighted by molar-refractivity contribution is 0.0381. The van der Waals surface area contributed by atoms with Crippen molar-refractivity contribution in [1.82, 2.24) is 38.8 Å². The zero-order chi connectivity index (χ0) is 44.1. The van der Waals surface area contributed by atoms with Crippen molar-refractivity contribution in [3.63, 3.8) is 0 Å². The van der Waals surface area contributed by atoms with Crippen molar-refractivity contribution in [3.8, 4) is 5.75 Å². The summed E-state index contributed by atoms with van der Waals surface area (Å²) in [7, 11) is 1.43. The monoisotopic (exact) mass is 884 g/mol. The van der Waals surface area contributed by atoms with Crippen molar-refractivity contribution in [1.29, 1.82) is 0 Å². The molecule has 20 heteroatoms. The van der Waals surface area contributed by atoms with Crippen LogP contribution in [0, 0.1) is 13.8 Å². The average Bonchev–Trinajstić information content (AvgIpc) is 4.03. The number of benzene rings is 2. The summed E-state index contributed by atoms with van der Waals surface area (Å²) < 4.78 is 16.3. The van der Waals surface area contributed by atoms with Gasteiger partial charge in [-0.3, -0.25) is 29.8 Å². The van der Waals surface area contributed by atoms with Crippen LogP contribution in [0.2, 0.25) is 0 Å². The van der Waals surface area contributed by atoms with Gasteiger partial charge in [0.1, 0.15) is 21.8 Å². The van der Waals surface area contributed by atoms with Crippen LogP contribution in [0.5, 0.6) is 5.75 Å². The van der Waals surface area contributed by atoms with Gasteiger partial charge in [-0.25, -0.2) is 24.5 Å². The molecule has 4 N–H and O–H groups in total. The molecule has 1 aliphatic heterocycles. The highest BCUT2D eigenvalue weighted by Crippen LogP contribution is 2.34. The first kappa shape index (κ1) is 44.0. The number of carbonyl (C=O) groups is 4. The molecule has 4 aromatic heterocycles. The third-order valence-electron chi connectivity index (χ3n) is 10.3. The van der Waals surface area contributed by atoms with Crippen LogP contribution < -0.4 is 15.4 Å². The second-order valence-corrected chi connectivity index (χ2v) is 16.8. The normalized spacial score (nSPS) is 13.4. The largest absolute Gasteiger partial charge is 0.494 e. The van der Waals surface area contributed by atoms with E-state index in [9.17, 15) is 29.4 Å². The Morgan fingerprint density at radius 3 is 2.13 bits per heavy atom. The zero-order valence-corrected chi connectivity index (χ0v) is 36.7. The lowest BCUT2D eigenvalue weighted by Crippen LogP contribution is -2.36. The molecule has 62 heavy (non-hydrogen) atoms. The molecule has 18 nitrogen and oxygen atoms in total. The number of methoxy groups -OCH3 is 1. The lowest BCUT2D eigenvalue weighted by Gasteiger charge is -2.26. The van der Waals surface area contributed by atoms with Crippen molar-refractivity contribution >= 4 is 80.8 Å². The molecule has 1 saturated heterocycles. The summed E-state index contributed by atoms with van der Waals surface area (Å²) in [6.07, 6.45) is 5.14. The van der Waals surface area contributed by atoms with Crippen LogP contribution >= 0.6 is 23.1 Å². The van der Waals surface area contributed by atoms with Crippen molar-refractivity contribution in [2.24, 2.45) is 0 Å². The third kappa shape index (κ3) is 9.52. The molecule has 0 unspecified atom stereocenters. The number of thiazole rings is 1. The SMILES string of the molecule is CCc1nc(C)sc1C(=O)Nc1nc2cc(C(=O)O)cc(OC)c2n1C/C=C/Cn1c(NC(=O)c2cc(C)nn2CC)nc2cc(C(=O)O)cc(SCCCN3CCOCC3)c21. The number of nitrogens with one attached hydrogen (secondary N) is 2. The standard InChI is InChI=1S/C42H48N10O8S2/c1-6-28-36(62-25(4)43-28)38(54)47-42-44-29-20-26(39(55)56)22-32(59-5)34(29)50(42)12-8-9-13-51-35-30(45-41(51)46-37(53)31-19-24(3)48-52(31)7-2)21-27(40(57)58)23-33(35)61-18-10-11-49-14-16-60-17-15-49/h8-9,19-23H,6-7,10-18H2,1-5H3,(H,55,56)(H,57,58)(H,44,47,54)(H,45,46,53)/b9-8+. The lowest BCUT2D eigenvalue weighted by atomic mass is 10.2. The molecule has 0 radical (unpaired) electrons. The summed E-state index contributed by atoms with van der Waals surface area (Å²) in [6, 6.07) is 7.68. The van der Waals surface area contributed by atoms with Crippen LogP contribution in [0.4, 0.5) is 11.9 Å². The number of carboxylic acids is 2. The van der Waals surface area contributed by atoms with Crippen molar-refractivity contribution in [3.05, 3.63) is 80.6 Å². The molecule has 1 fully saturated rings. The number of nitrogens with zero attached hydrogens (tertiary/aromatic N) is 8. The zero-order valence-electron chi connectivity index (χ0n) is 35.1. The number of aromatic nitrogens is 7. The fourth-order valence-electron chi connectivity index (χ4n) is 7.35. The van der Waals surface area contributed by atoms with E-state index in [1.807, 2.05) is 44.4 Å². The maximum absolute atomic E-state index is 13.8. The highest BCUT2D eigenvalue weighted by atomic mass is 32.2. The van der Waals surface area contributed by atoms with Gasteiger partial charge in [0, 0.05) is 37.6 Å². The Hall–Kier alpha value is -6.09.